The summed E-state index contributed by atoms with van der Waals surface area (Å²) >= 11 is 4.74. The smallest absolute Gasteiger partial charge is 0.254 e. The Morgan fingerprint density at radius 2 is 1.76 bits per heavy atom. The van der Waals surface area contributed by atoms with E-state index in [1.165, 1.54) is 35.5 Å². The van der Waals surface area contributed by atoms with Crippen LogP contribution in [0.4, 0.5) is 10.1 Å². The molecule has 7 nitrogen and oxygen atoms in total. The number of anilines is 1. The SMILES string of the molecule is O=C(NCc1nnc(SCC(=O)N2CCCc3ccccc32)n1-c1ccc(Br)cc1)c1ccccc1F. The fraction of sp³-hybridized carbons (Fsp3) is 0.185. The number of carbonyl (C=O) groups is 2. The first-order valence-corrected chi connectivity index (χ1v) is 13.5. The Morgan fingerprint density at radius 1 is 1.00 bits per heavy atom. The number of fused-ring (bicyclic) bond motifs is 1. The average molecular weight is 580 g/mol. The van der Waals surface area contributed by atoms with Gasteiger partial charge in [-0.05, 0) is 60.9 Å². The summed E-state index contributed by atoms with van der Waals surface area (Å²) in [6.45, 7) is 0.716. The second kappa shape index (κ2) is 11.3. The predicted octanol–water partition coefficient (Wildman–Crippen LogP) is 5.17. The van der Waals surface area contributed by atoms with Gasteiger partial charge in [-0.25, -0.2) is 4.39 Å². The van der Waals surface area contributed by atoms with Crippen molar-refractivity contribution in [2.24, 2.45) is 0 Å². The Labute approximate surface area is 226 Å². The molecule has 2 heterocycles. The fourth-order valence-electron chi connectivity index (χ4n) is 4.25. The number of rotatable bonds is 7. The van der Waals surface area contributed by atoms with E-state index >= 15 is 0 Å². The maximum Gasteiger partial charge on any atom is 0.254 e. The van der Waals surface area contributed by atoms with Gasteiger partial charge in [0.05, 0.1) is 17.9 Å². The Balaban J connectivity index is 1.35. The van der Waals surface area contributed by atoms with Gasteiger partial charge in [-0.15, -0.1) is 10.2 Å². The van der Waals surface area contributed by atoms with E-state index in [0.717, 1.165) is 28.7 Å². The highest BCUT2D eigenvalue weighted by molar-refractivity contribution is 9.10. The van der Waals surface area contributed by atoms with Gasteiger partial charge in [-0.1, -0.05) is 58.0 Å². The van der Waals surface area contributed by atoms with Gasteiger partial charge in [0.25, 0.3) is 5.91 Å². The van der Waals surface area contributed by atoms with Crippen LogP contribution in [0.15, 0.2) is 82.4 Å². The zero-order valence-corrected chi connectivity index (χ0v) is 22.1. The molecule has 0 unspecified atom stereocenters. The molecule has 1 aliphatic rings. The molecule has 1 aliphatic heterocycles. The molecule has 1 N–H and O–H groups in total. The van der Waals surface area contributed by atoms with E-state index < -0.39 is 11.7 Å². The third-order valence-electron chi connectivity index (χ3n) is 6.05. The summed E-state index contributed by atoms with van der Waals surface area (Å²) in [5.74, 6) is -0.493. The summed E-state index contributed by atoms with van der Waals surface area (Å²) < 4.78 is 16.7. The van der Waals surface area contributed by atoms with Gasteiger partial charge in [0.1, 0.15) is 5.82 Å². The number of hydrogen-bond acceptors (Lipinski definition) is 5. The summed E-state index contributed by atoms with van der Waals surface area (Å²) in [7, 11) is 0. The molecule has 1 aromatic heterocycles. The number of para-hydroxylation sites is 1. The highest BCUT2D eigenvalue weighted by Gasteiger charge is 2.24. The van der Waals surface area contributed by atoms with Crippen LogP contribution in [0.3, 0.4) is 0 Å². The average Bonchev–Trinajstić information content (AvgIpc) is 3.33. The number of thioether (sulfide) groups is 1. The van der Waals surface area contributed by atoms with Crippen molar-refractivity contribution in [3.05, 3.63) is 100 Å². The lowest BCUT2D eigenvalue weighted by Gasteiger charge is -2.29. The monoisotopic (exact) mass is 579 g/mol. The molecule has 2 amide bonds. The molecule has 5 rings (SSSR count). The minimum Gasteiger partial charge on any atom is -0.345 e. The number of nitrogens with zero attached hydrogens (tertiary/aromatic N) is 4. The van der Waals surface area contributed by atoms with E-state index in [-0.39, 0.29) is 23.8 Å². The summed E-state index contributed by atoms with van der Waals surface area (Å²) in [5, 5.41) is 11.8. The number of benzene rings is 3. The van der Waals surface area contributed by atoms with Crippen molar-refractivity contribution in [3.8, 4) is 5.69 Å². The first-order valence-electron chi connectivity index (χ1n) is 11.8. The molecule has 0 saturated carbocycles. The topological polar surface area (TPSA) is 80.1 Å². The molecular formula is C27H23BrFN5O2S. The van der Waals surface area contributed by atoms with Gasteiger partial charge in [0, 0.05) is 22.4 Å². The second-order valence-corrected chi connectivity index (χ2v) is 10.3. The highest BCUT2D eigenvalue weighted by atomic mass is 79.9. The minimum atomic E-state index is -0.594. The van der Waals surface area contributed by atoms with Crippen LogP contribution in [0.5, 0.6) is 0 Å². The molecule has 0 aliphatic carbocycles. The standard InChI is InChI=1S/C27H23BrFN5O2S/c28-19-11-13-20(14-12-19)34-24(16-30-26(36)21-8-2-3-9-22(21)29)31-32-27(34)37-17-25(35)33-15-5-7-18-6-1-4-10-23(18)33/h1-4,6,8-14H,5,7,15-17H2,(H,30,36). The van der Waals surface area contributed by atoms with Gasteiger partial charge in [-0.2, -0.15) is 0 Å². The molecule has 10 heteroatoms. The second-order valence-electron chi connectivity index (χ2n) is 8.44. The molecular weight excluding hydrogens is 557 g/mol. The van der Waals surface area contributed by atoms with Gasteiger partial charge < -0.3 is 10.2 Å². The van der Waals surface area contributed by atoms with Gasteiger partial charge in [-0.3, -0.25) is 14.2 Å². The quantitative estimate of drug-likeness (QED) is 0.305. The Hall–Kier alpha value is -3.50. The Morgan fingerprint density at radius 3 is 2.57 bits per heavy atom. The van der Waals surface area contributed by atoms with E-state index in [2.05, 4.69) is 37.5 Å². The number of hydrogen-bond donors (Lipinski definition) is 1. The Bertz CT molecular complexity index is 1440. The number of aromatic nitrogens is 3. The largest absolute Gasteiger partial charge is 0.345 e. The van der Waals surface area contributed by atoms with E-state index in [1.54, 1.807) is 10.6 Å². The number of amides is 2. The molecule has 0 saturated heterocycles. The van der Waals surface area contributed by atoms with Crippen molar-refractivity contribution in [1.82, 2.24) is 20.1 Å². The van der Waals surface area contributed by atoms with E-state index in [1.807, 2.05) is 47.4 Å². The van der Waals surface area contributed by atoms with Crippen molar-refractivity contribution in [1.29, 1.82) is 0 Å². The third kappa shape index (κ3) is 5.60. The fourth-order valence-corrected chi connectivity index (χ4v) is 5.37. The molecule has 0 fully saturated rings. The van der Waals surface area contributed by atoms with Crippen molar-refractivity contribution in [2.75, 3.05) is 17.2 Å². The van der Waals surface area contributed by atoms with Crippen LogP contribution in [0.1, 0.15) is 28.2 Å². The zero-order valence-electron chi connectivity index (χ0n) is 19.7. The summed E-state index contributed by atoms with van der Waals surface area (Å²) in [6.07, 6.45) is 1.89. The zero-order chi connectivity index (χ0) is 25.8. The molecule has 0 atom stereocenters. The molecule has 188 valence electrons. The van der Waals surface area contributed by atoms with Crippen LogP contribution in [-0.4, -0.2) is 38.9 Å². The maximum absolute atomic E-state index is 14.0. The number of nitrogens with one attached hydrogen (secondary N) is 1. The first-order chi connectivity index (χ1) is 18.0. The summed E-state index contributed by atoms with van der Waals surface area (Å²) in [4.78, 5) is 27.6. The third-order valence-corrected chi connectivity index (χ3v) is 7.49. The van der Waals surface area contributed by atoms with Crippen molar-refractivity contribution >= 4 is 45.2 Å². The van der Waals surface area contributed by atoms with Crippen LogP contribution in [0, 0.1) is 5.82 Å². The molecule has 37 heavy (non-hydrogen) atoms. The maximum atomic E-state index is 14.0. The van der Waals surface area contributed by atoms with Gasteiger partial charge in [0.2, 0.25) is 5.91 Å². The van der Waals surface area contributed by atoms with E-state index in [9.17, 15) is 14.0 Å². The normalized spacial score (nSPS) is 12.8. The lowest BCUT2D eigenvalue weighted by molar-refractivity contribution is -0.116. The minimum absolute atomic E-state index is 0.00286. The number of aryl methyl sites for hydroxylation is 1. The lowest BCUT2D eigenvalue weighted by Crippen LogP contribution is -2.36. The van der Waals surface area contributed by atoms with Crippen LogP contribution < -0.4 is 10.2 Å². The Kier molecular flexibility index (Phi) is 7.66. The van der Waals surface area contributed by atoms with E-state index in [4.69, 9.17) is 0 Å². The van der Waals surface area contributed by atoms with E-state index in [0.29, 0.717) is 17.5 Å². The van der Waals surface area contributed by atoms with Crippen LogP contribution in [0.25, 0.3) is 5.69 Å². The van der Waals surface area contributed by atoms with Crippen LogP contribution in [0.2, 0.25) is 0 Å². The highest BCUT2D eigenvalue weighted by Crippen LogP contribution is 2.29. The number of carbonyl (C=O) groups excluding carboxylic acids is 2. The first kappa shape index (κ1) is 25.2. The molecule has 0 radical (unpaired) electrons. The van der Waals surface area contributed by atoms with Crippen molar-refractivity contribution in [3.63, 3.8) is 0 Å². The molecule has 0 spiro atoms. The predicted molar refractivity (Wildman–Crippen MR) is 144 cm³/mol. The van der Waals surface area contributed by atoms with Crippen molar-refractivity contribution in [2.45, 2.75) is 24.5 Å². The van der Waals surface area contributed by atoms with Gasteiger partial charge >= 0.3 is 0 Å². The molecule has 3 aromatic carbocycles. The molecule has 4 aromatic rings. The number of halogens is 2. The van der Waals surface area contributed by atoms with Crippen LogP contribution in [-0.2, 0) is 17.8 Å². The van der Waals surface area contributed by atoms with Crippen LogP contribution >= 0.6 is 27.7 Å². The summed E-state index contributed by atoms with van der Waals surface area (Å²) in [5.41, 5.74) is 2.88. The summed E-state index contributed by atoms with van der Waals surface area (Å²) in [6, 6.07) is 21.4. The van der Waals surface area contributed by atoms with Crippen molar-refractivity contribution < 1.29 is 14.0 Å². The van der Waals surface area contributed by atoms with Gasteiger partial charge in [0.15, 0.2) is 11.0 Å². The molecule has 0 bridgehead atoms. The lowest BCUT2D eigenvalue weighted by atomic mass is 10.0.